The third kappa shape index (κ3) is 3.33. The quantitative estimate of drug-likeness (QED) is 0.659. The summed E-state index contributed by atoms with van der Waals surface area (Å²) in [5, 5.41) is 10.6. The summed E-state index contributed by atoms with van der Waals surface area (Å²) >= 11 is 0. The number of nitrogens with one attached hydrogen (secondary N) is 1. The molecule has 1 aromatic carbocycles. The van der Waals surface area contributed by atoms with Crippen molar-refractivity contribution in [2.75, 3.05) is 20.1 Å². The van der Waals surface area contributed by atoms with Gasteiger partial charge in [0.15, 0.2) is 0 Å². The third-order valence-corrected chi connectivity index (χ3v) is 10.6. The van der Waals surface area contributed by atoms with E-state index in [-0.39, 0.29) is 39.8 Å². The van der Waals surface area contributed by atoms with Crippen LogP contribution in [0.2, 0.25) is 0 Å². The second-order valence-corrected chi connectivity index (χ2v) is 12.3. The molecule has 6 heteroatoms. The van der Waals surface area contributed by atoms with Gasteiger partial charge in [-0.15, -0.1) is 0 Å². The Morgan fingerprint density at radius 2 is 2.00 bits per heavy atom. The molecule has 1 aliphatic heterocycles. The fourth-order valence-electron chi connectivity index (χ4n) is 8.41. The summed E-state index contributed by atoms with van der Waals surface area (Å²) in [6, 6.07) is 9.89. The van der Waals surface area contributed by atoms with E-state index in [0.717, 1.165) is 43.8 Å². The molecule has 5 unspecified atom stereocenters. The highest BCUT2D eigenvalue weighted by molar-refractivity contribution is 5.93. The number of H-pyrrole nitrogens is 1. The first-order chi connectivity index (χ1) is 17.2. The van der Waals surface area contributed by atoms with E-state index < -0.39 is 0 Å². The number of nitrogens with zero attached hydrogens (tertiary/aromatic N) is 2. The van der Waals surface area contributed by atoms with Crippen molar-refractivity contribution in [3.8, 4) is 5.75 Å². The molecule has 0 spiro atoms. The van der Waals surface area contributed by atoms with Gasteiger partial charge in [0.25, 0.3) is 11.5 Å². The average molecular weight is 490 g/mol. The van der Waals surface area contributed by atoms with Gasteiger partial charge in [0.1, 0.15) is 11.3 Å². The maximum atomic E-state index is 13.5. The lowest BCUT2D eigenvalue weighted by atomic mass is 9.48. The van der Waals surface area contributed by atoms with Crippen LogP contribution in [0, 0.1) is 24.2 Å². The van der Waals surface area contributed by atoms with Crippen molar-refractivity contribution < 1.29 is 9.90 Å². The molecule has 3 aliphatic carbocycles. The van der Waals surface area contributed by atoms with E-state index in [4.69, 9.17) is 0 Å². The van der Waals surface area contributed by atoms with Gasteiger partial charge in [-0.2, -0.15) is 0 Å². The SMILES string of the molecule is Cc1ccc(C(=O)N(C)C(C)C2CCC3(C)C4Cc5ccc(O)cc5C23CCN4CC2CC2)c(=O)[nH]1. The molecule has 1 saturated heterocycles. The number of aromatic amines is 1. The molecule has 3 fully saturated rings. The van der Waals surface area contributed by atoms with Crippen LogP contribution in [-0.4, -0.2) is 58.0 Å². The van der Waals surface area contributed by atoms with Gasteiger partial charge in [-0.1, -0.05) is 13.0 Å². The van der Waals surface area contributed by atoms with Crippen molar-refractivity contribution >= 4 is 5.91 Å². The van der Waals surface area contributed by atoms with Gasteiger partial charge in [-0.3, -0.25) is 14.5 Å². The molecule has 2 heterocycles. The number of aromatic hydroxyl groups is 1. The standard InChI is InChI=1S/C30H39N3O3/c1-18-5-10-23(27(35)31-18)28(36)32(4)19(2)24-11-12-29(3)26-15-21-8-9-22(34)16-25(21)30(24,29)13-14-33(26)17-20-6-7-20/h5,8-10,16,19-20,24,26,34H,6-7,11-15,17H2,1-4H3,(H,31,35). The lowest BCUT2D eigenvalue weighted by molar-refractivity contribution is -0.0627. The summed E-state index contributed by atoms with van der Waals surface area (Å²) in [7, 11) is 1.85. The van der Waals surface area contributed by atoms with E-state index in [1.165, 1.54) is 30.5 Å². The molecule has 192 valence electrons. The second-order valence-electron chi connectivity index (χ2n) is 12.3. The van der Waals surface area contributed by atoms with Crippen molar-refractivity contribution in [1.29, 1.82) is 0 Å². The number of piperidine rings is 1. The molecule has 1 aromatic heterocycles. The van der Waals surface area contributed by atoms with Crippen LogP contribution in [0.25, 0.3) is 0 Å². The van der Waals surface area contributed by atoms with E-state index in [1.54, 1.807) is 17.0 Å². The van der Waals surface area contributed by atoms with Crippen LogP contribution in [0.3, 0.4) is 0 Å². The Morgan fingerprint density at radius 3 is 2.72 bits per heavy atom. The number of fused-ring (bicyclic) bond motifs is 1. The zero-order chi connectivity index (χ0) is 25.4. The van der Waals surface area contributed by atoms with Crippen LogP contribution in [0.15, 0.2) is 35.1 Å². The van der Waals surface area contributed by atoms with Crippen molar-refractivity contribution in [2.24, 2.45) is 17.3 Å². The molecule has 2 saturated carbocycles. The number of carbonyl (C=O) groups excluding carboxylic acids is 1. The molecule has 4 aliphatic rings. The molecule has 6 rings (SSSR count). The van der Waals surface area contributed by atoms with Crippen molar-refractivity contribution in [3.05, 3.63) is 63.1 Å². The fraction of sp³-hybridized carbons (Fsp3) is 0.600. The number of phenols is 1. The van der Waals surface area contributed by atoms with E-state index in [2.05, 4.69) is 29.8 Å². The Morgan fingerprint density at radius 1 is 1.22 bits per heavy atom. The number of hydrogen-bond donors (Lipinski definition) is 2. The molecule has 0 radical (unpaired) electrons. The lowest BCUT2D eigenvalue weighted by Gasteiger charge is -2.63. The first-order valence-electron chi connectivity index (χ1n) is 13.7. The minimum Gasteiger partial charge on any atom is -0.508 e. The van der Waals surface area contributed by atoms with E-state index >= 15 is 0 Å². The third-order valence-electron chi connectivity index (χ3n) is 10.6. The van der Waals surface area contributed by atoms with Crippen LogP contribution in [-0.2, 0) is 11.8 Å². The maximum Gasteiger partial charge on any atom is 0.260 e. The van der Waals surface area contributed by atoms with Gasteiger partial charge < -0.3 is 15.0 Å². The minimum atomic E-state index is -0.324. The molecule has 2 N–H and O–H groups in total. The normalized spacial score (nSPS) is 32.0. The zero-order valence-electron chi connectivity index (χ0n) is 22.0. The largest absolute Gasteiger partial charge is 0.508 e. The van der Waals surface area contributed by atoms with Gasteiger partial charge in [-0.05, 0) is 112 Å². The number of amides is 1. The minimum absolute atomic E-state index is 0.0380. The van der Waals surface area contributed by atoms with Crippen molar-refractivity contribution in [1.82, 2.24) is 14.8 Å². The molecule has 2 bridgehead atoms. The zero-order valence-corrected chi connectivity index (χ0v) is 22.0. The highest BCUT2D eigenvalue weighted by Crippen LogP contribution is 2.68. The van der Waals surface area contributed by atoms with Crippen LogP contribution in [0.1, 0.15) is 73.1 Å². The first-order valence-corrected chi connectivity index (χ1v) is 13.7. The topological polar surface area (TPSA) is 76.6 Å². The molecule has 2 aromatic rings. The van der Waals surface area contributed by atoms with Crippen LogP contribution in [0.5, 0.6) is 5.75 Å². The van der Waals surface area contributed by atoms with Gasteiger partial charge in [0.2, 0.25) is 0 Å². The number of rotatable bonds is 5. The van der Waals surface area contributed by atoms with Crippen LogP contribution in [0.4, 0.5) is 0 Å². The number of likely N-dealkylation sites (tertiary alicyclic amines) is 1. The summed E-state index contributed by atoms with van der Waals surface area (Å²) < 4.78 is 0. The predicted octanol–water partition coefficient (Wildman–Crippen LogP) is 4.24. The summed E-state index contributed by atoms with van der Waals surface area (Å²) in [5.74, 6) is 1.23. The molecule has 5 atom stereocenters. The Kier molecular flexibility index (Phi) is 5.42. The van der Waals surface area contributed by atoms with E-state index in [9.17, 15) is 14.7 Å². The molecular weight excluding hydrogens is 450 g/mol. The Labute approximate surface area is 213 Å². The maximum absolute atomic E-state index is 13.5. The monoisotopic (exact) mass is 489 g/mol. The Hall–Kier alpha value is -2.60. The Bertz CT molecular complexity index is 1270. The smallest absolute Gasteiger partial charge is 0.260 e. The highest BCUT2D eigenvalue weighted by Gasteiger charge is 2.67. The first kappa shape index (κ1) is 23.8. The molecule has 36 heavy (non-hydrogen) atoms. The molecular formula is C30H39N3O3. The number of carbonyl (C=O) groups is 1. The van der Waals surface area contributed by atoms with E-state index in [1.807, 2.05) is 26.1 Å². The predicted molar refractivity (Wildman–Crippen MR) is 140 cm³/mol. The number of aryl methyl sites for hydroxylation is 1. The van der Waals surface area contributed by atoms with Crippen LogP contribution >= 0.6 is 0 Å². The van der Waals surface area contributed by atoms with Gasteiger partial charge in [0, 0.05) is 36.8 Å². The van der Waals surface area contributed by atoms with Gasteiger partial charge in [0.05, 0.1) is 0 Å². The second kappa shape index (κ2) is 8.20. The number of hydrogen-bond acceptors (Lipinski definition) is 4. The van der Waals surface area contributed by atoms with Crippen molar-refractivity contribution in [3.63, 3.8) is 0 Å². The number of benzene rings is 1. The number of aromatic nitrogens is 1. The number of phenolic OH excluding ortho intramolecular Hbond substituents is 1. The Balaban J connectivity index is 1.40. The summed E-state index contributed by atoms with van der Waals surface area (Å²) in [5.41, 5.74) is 3.28. The van der Waals surface area contributed by atoms with Crippen LogP contribution < -0.4 is 5.56 Å². The van der Waals surface area contributed by atoms with E-state index in [0.29, 0.717) is 11.8 Å². The fourth-order valence-corrected chi connectivity index (χ4v) is 8.41. The van der Waals surface area contributed by atoms with Gasteiger partial charge >= 0.3 is 0 Å². The summed E-state index contributed by atoms with van der Waals surface area (Å²) in [4.78, 5) is 33.5. The van der Waals surface area contributed by atoms with Gasteiger partial charge in [-0.25, -0.2) is 0 Å². The summed E-state index contributed by atoms with van der Waals surface area (Å²) in [6.07, 6.45) is 6.97. The lowest BCUT2D eigenvalue weighted by Crippen LogP contribution is -2.67. The number of pyridine rings is 1. The average Bonchev–Trinajstić information content (AvgIpc) is 3.59. The summed E-state index contributed by atoms with van der Waals surface area (Å²) in [6.45, 7) is 8.75. The van der Waals surface area contributed by atoms with Crippen molar-refractivity contribution in [2.45, 2.75) is 76.8 Å². The molecule has 6 nitrogen and oxygen atoms in total. The highest BCUT2D eigenvalue weighted by atomic mass is 16.3. The molecule has 1 amide bonds.